The summed E-state index contributed by atoms with van der Waals surface area (Å²) in [6.45, 7) is 2.50. The molecule has 0 unspecified atom stereocenters. The number of aromatic amines is 1. The fraction of sp³-hybridized carbons (Fsp3) is 0.190. The van der Waals surface area contributed by atoms with Crippen LogP contribution in [0.1, 0.15) is 18.2 Å². The van der Waals surface area contributed by atoms with Crippen molar-refractivity contribution in [3.63, 3.8) is 0 Å². The maximum Gasteiger partial charge on any atom is 0.311 e. The fourth-order valence-corrected chi connectivity index (χ4v) is 2.68. The lowest BCUT2D eigenvalue weighted by atomic mass is 10.2. The molecule has 142 valence electrons. The van der Waals surface area contributed by atoms with Crippen molar-refractivity contribution in [2.24, 2.45) is 4.99 Å². The first kappa shape index (κ1) is 19.6. The van der Waals surface area contributed by atoms with Crippen LogP contribution in [-0.4, -0.2) is 22.5 Å². The van der Waals surface area contributed by atoms with Crippen molar-refractivity contribution < 1.29 is 14.3 Å². The van der Waals surface area contributed by atoms with E-state index in [2.05, 4.69) is 43.0 Å². The van der Waals surface area contributed by atoms with Crippen LogP contribution in [0.4, 0.5) is 5.82 Å². The number of nitrogens with one attached hydrogen (secondary N) is 1. The molecular formula is C21H18BrN3O3. The number of pyridine rings is 1. The molecule has 0 aliphatic rings. The molecule has 0 bridgehead atoms. The number of nitrogens with zero attached hydrogens (tertiary/aromatic N) is 2. The molecule has 0 spiro atoms. The third kappa shape index (κ3) is 5.69. The van der Waals surface area contributed by atoms with Crippen molar-refractivity contribution in [2.75, 3.05) is 6.61 Å². The molecule has 1 N–H and O–H groups in total. The van der Waals surface area contributed by atoms with Gasteiger partial charge in [-0.3, -0.25) is 4.79 Å². The summed E-state index contributed by atoms with van der Waals surface area (Å²) < 4.78 is 11.6. The summed E-state index contributed by atoms with van der Waals surface area (Å²) in [5, 5.41) is 0. The second-order valence-corrected chi connectivity index (χ2v) is 6.67. The number of benzene rings is 1. The first-order chi connectivity index (χ1) is 13.6. The van der Waals surface area contributed by atoms with Gasteiger partial charge in [-0.2, -0.15) is 4.99 Å². The second-order valence-electron chi connectivity index (χ2n) is 5.76. The van der Waals surface area contributed by atoms with Crippen LogP contribution < -0.4 is 10.2 Å². The molecular weight excluding hydrogens is 422 g/mol. The number of rotatable bonds is 7. The Balaban J connectivity index is 1.84. The van der Waals surface area contributed by atoms with Crippen molar-refractivity contribution in [2.45, 2.75) is 20.0 Å². The smallest absolute Gasteiger partial charge is 0.311 e. The highest BCUT2D eigenvalue weighted by Gasteiger charge is 2.07. The van der Waals surface area contributed by atoms with Gasteiger partial charge in [0.05, 0.1) is 13.0 Å². The molecule has 3 rings (SSSR count). The first-order valence-corrected chi connectivity index (χ1v) is 9.47. The number of hydrogen-bond acceptors (Lipinski definition) is 5. The van der Waals surface area contributed by atoms with Crippen LogP contribution in [0.15, 0.2) is 58.1 Å². The lowest BCUT2D eigenvalue weighted by molar-refractivity contribution is -0.142. The Hall–Kier alpha value is -3.11. The normalized spacial score (nSPS) is 11.0. The van der Waals surface area contributed by atoms with Crippen molar-refractivity contribution >= 4 is 27.7 Å². The van der Waals surface area contributed by atoms with E-state index < -0.39 is 0 Å². The predicted octanol–water partition coefficient (Wildman–Crippen LogP) is 3.69. The van der Waals surface area contributed by atoms with Gasteiger partial charge in [-0.15, -0.1) is 0 Å². The van der Waals surface area contributed by atoms with Crippen molar-refractivity contribution in [1.29, 1.82) is 0 Å². The van der Waals surface area contributed by atoms with E-state index in [1.807, 2.05) is 30.3 Å². The van der Waals surface area contributed by atoms with Gasteiger partial charge in [0.25, 0.3) is 0 Å². The Morgan fingerprint density at radius 1 is 1.32 bits per heavy atom. The summed E-state index contributed by atoms with van der Waals surface area (Å²) in [7, 11) is 0. The van der Waals surface area contributed by atoms with E-state index in [4.69, 9.17) is 9.47 Å². The largest absolute Gasteiger partial charge is 0.485 e. The van der Waals surface area contributed by atoms with Crippen molar-refractivity contribution in [3.05, 3.63) is 82.0 Å². The molecule has 0 saturated heterocycles. The number of aromatic nitrogens is 2. The third-order valence-corrected chi connectivity index (χ3v) is 4.04. The number of halogens is 1. The van der Waals surface area contributed by atoms with E-state index in [1.54, 1.807) is 25.3 Å². The van der Waals surface area contributed by atoms with Gasteiger partial charge in [0, 0.05) is 22.4 Å². The highest BCUT2D eigenvalue weighted by molar-refractivity contribution is 9.10. The summed E-state index contributed by atoms with van der Waals surface area (Å²) in [4.78, 5) is 23.5. The number of ether oxygens (including phenoxy) is 2. The van der Waals surface area contributed by atoms with Gasteiger partial charge in [-0.25, -0.2) is 4.98 Å². The molecule has 6 nitrogen and oxygen atoms in total. The Morgan fingerprint density at radius 3 is 2.93 bits per heavy atom. The average Bonchev–Trinajstić information content (AvgIpc) is 2.69. The number of hydrogen-bond donors (Lipinski definition) is 1. The summed E-state index contributed by atoms with van der Waals surface area (Å²) in [5.74, 6) is 0.599. The zero-order chi connectivity index (χ0) is 19.8. The minimum atomic E-state index is -0.321. The molecule has 28 heavy (non-hydrogen) atoms. The van der Waals surface area contributed by atoms with E-state index in [0.717, 1.165) is 10.0 Å². The van der Waals surface area contributed by atoms with E-state index in [1.165, 1.54) is 0 Å². The number of carbonyl (C=O) groups is 1. The SMILES string of the molecule is CCOC(=O)Cc1cc#c/c(=N\c2ncc(Br)cc2OCc2ccccc2)[nH]1. The van der Waals surface area contributed by atoms with E-state index in [0.29, 0.717) is 36.0 Å². The molecule has 0 radical (unpaired) electrons. The van der Waals surface area contributed by atoms with Gasteiger partial charge in [0.2, 0.25) is 0 Å². The van der Waals surface area contributed by atoms with Gasteiger partial charge in [0.15, 0.2) is 17.1 Å². The topological polar surface area (TPSA) is 76.6 Å². The van der Waals surface area contributed by atoms with Crippen LogP contribution in [0.2, 0.25) is 0 Å². The highest BCUT2D eigenvalue weighted by atomic mass is 79.9. The number of carbonyl (C=O) groups excluding carboxylic acids is 1. The van der Waals surface area contributed by atoms with Crippen LogP contribution in [0.5, 0.6) is 5.75 Å². The molecule has 3 aromatic rings. The van der Waals surface area contributed by atoms with Crippen LogP contribution in [0.25, 0.3) is 0 Å². The first-order valence-electron chi connectivity index (χ1n) is 8.68. The molecule has 0 saturated carbocycles. The minimum Gasteiger partial charge on any atom is -0.485 e. The second kappa shape index (κ2) is 9.72. The van der Waals surface area contributed by atoms with Crippen molar-refractivity contribution in [3.8, 4) is 5.75 Å². The Bertz CT molecular complexity index is 1000. The van der Waals surface area contributed by atoms with Crippen LogP contribution in [0, 0.1) is 12.1 Å². The molecule has 0 atom stereocenters. The molecule has 0 amide bonds. The molecule has 1 aromatic carbocycles. The maximum absolute atomic E-state index is 11.7. The zero-order valence-corrected chi connectivity index (χ0v) is 16.8. The van der Waals surface area contributed by atoms with Crippen LogP contribution in [0.3, 0.4) is 0 Å². The lowest BCUT2D eigenvalue weighted by Gasteiger charge is -2.08. The van der Waals surface area contributed by atoms with E-state index in [-0.39, 0.29) is 12.4 Å². The zero-order valence-electron chi connectivity index (χ0n) is 15.2. The molecule has 7 heteroatoms. The average molecular weight is 440 g/mol. The minimum absolute atomic E-state index is 0.104. The molecule has 2 aromatic heterocycles. The lowest BCUT2D eigenvalue weighted by Crippen LogP contribution is -2.13. The maximum atomic E-state index is 11.7. The monoisotopic (exact) mass is 439 g/mol. The Labute approximate surface area is 171 Å². The van der Waals surface area contributed by atoms with Crippen LogP contribution >= 0.6 is 15.9 Å². The van der Waals surface area contributed by atoms with Gasteiger partial charge in [0.1, 0.15) is 6.61 Å². The fourth-order valence-electron chi connectivity index (χ4n) is 2.37. The van der Waals surface area contributed by atoms with Gasteiger partial charge in [-0.1, -0.05) is 36.4 Å². The summed E-state index contributed by atoms with van der Waals surface area (Å²) in [6.07, 6.45) is 1.74. The molecule has 0 aliphatic carbocycles. The molecule has 2 heterocycles. The predicted molar refractivity (Wildman–Crippen MR) is 107 cm³/mol. The third-order valence-electron chi connectivity index (χ3n) is 3.61. The number of H-pyrrole nitrogens is 1. The summed E-state index contributed by atoms with van der Waals surface area (Å²) >= 11 is 3.40. The van der Waals surface area contributed by atoms with Gasteiger partial charge < -0.3 is 14.5 Å². The van der Waals surface area contributed by atoms with Crippen molar-refractivity contribution in [1.82, 2.24) is 9.97 Å². The highest BCUT2D eigenvalue weighted by Crippen LogP contribution is 2.28. The standard InChI is InChI=1S/C21H18BrN3O3/c1-2-27-20(26)12-17-9-6-10-19(24-17)25-21-18(11-16(22)13-23-21)28-14-15-7-4-3-5-8-15/h3-5,7-9,11,13H,2,12,14H2,1H3,(H,23,24,25). The quantitative estimate of drug-likeness (QED) is 0.569. The summed E-state index contributed by atoms with van der Waals surface area (Å²) in [5.41, 5.74) is 2.05. The van der Waals surface area contributed by atoms with E-state index >= 15 is 0 Å². The number of esters is 1. The Morgan fingerprint density at radius 2 is 2.14 bits per heavy atom. The van der Waals surface area contributed by atoms with Gasteiger partial charge in [-0.05, 0) is 40.5 Å². The van der Waals surface area contributed by atoms with E-state index in [9.17, 15) is 4.79 Å². The molecule has 0 fully saturated rings. The molecule has 0 aliphatic heterocycles. The summed E-state index contributed by atoms with van der Waals surface area (Å²) in [6, 6.07) is 19.0. The Kier molecular flexibility index (Phi) is 6.82. The van der Waals surface area contributed by atoms with Crippen LogP contribution in [-0.2, 0) is 22.6 Å². The van der Waals surface area contributed by atoms with Gasteiger partial charge >= 0.3 is 5.97 Å².